The van der Waals surface area contributed by atoms with Crippen molar-refractivity contribution in [3.8, 4) is 0 Å². The second-order valence-electron chi connectivity index (χ2n) is 7.64. The van der Waals surface area contributed by atoms with Crippen LogP contribution in [0.3, 0.4) is 0 Å². The van der Waals surface area contributed by atoms with Gasteiger partial charge in [-0.15, -0.1) is 0 Å². The molecule has 2 rings (SSSR count). The van der Waals surface area contributed by atoms with E-state index in [0.29, 0.717) is 25.4 Å². The Labute approximate surface area is 167 Å². The molecule has 1 aromatic carbocycles. The van der Waals surface area contributed by atoms with Gasteiger partial charge in [-0.3, -0.25) is 19.7 Å². The third-order valence-corrected chi connectivity index (χ3v) is 4.63. The summed E-state index contributed by atoms with van der Waals surface area (Å²) in [7, 11) is 0. The van der Waals surface area contributed by atoms with Crippen molar-refractivity contribution in [3.05, 3.63) is 35.9 Å². The molecule has 0 spiro atoms. The average Bonchev–Trinajstić information content (AvgIpc) is 3.47. The van der Waals surface area contributed by atoms with Crippen molar-refractivity contribution in [2.75, 3.05) is 13.1 Å². The lowest BCUT2D eigenvalue weighted by molar-refractivity contribution is -0.129. The predicted octanol–water partition coefficient (Wildman–Crippen LogP) is 0.743. The monoisotopic (exact) mass is 388 g/mol. The summed E-state index contributed by atoms with van der Waals surface area (Å²) < 4.78 is 0. The first kappa shape index (κ1) is 21.9. The zero-order chi connectivity index (χ0) is 20.5. The molecule has 1 aromatic rings. The van der Waals surface area contributed by atoms with Crippen LogP contribution in [0.4, 0.5) is 0 Å². The Morgan fingerprint density at radius 2 is 1.68 bits per heavy atom. The van der Waals surface area contributed by atoms with Crippen molar-refractivity contribution in [2.24, 2.45) is 5.92 Å². The molecule has 3 amide bonds. The first-order valence-electron chi connectivity index (χ1n) is 10.1. The molecule has 154 valence electrons. The van der Waals surface area contributed by atoms with Gasteiger partial charge in [-0.05, 0) is 24.3 Å². The largest absolute Gasteiger partial charge is 0.355 e. The highest BCUT2D eigenvalue weighted by atomic mass is 16.2. The van der Waals surface area contributed by atoms with E-state index in [-0.39, 0.29) is 17.7 Å². The van der Waals surface area contributed by atoms with Gasteiger partial charge in [0.15, 0.2) is 0 Å². The number of benzene rings is 1. The van der Waals surface area contributed by atoms with E-state index >= 15 is 0 Å². The minimum absolute atomic E-state index is 0.178. The molecule has 0 saturated carbocycles. The van der Waals surface area contributed by atoms with Crippen LogP contribution in [0.2, 0.25) is 0 Å². The van der Waals surface area contributed by atoms with Crippen LogP contribution in [0.15, 0.2) is 30.3 Å². The van der Waals surface area contributed by atoms with Crippen molar-refractivity contribution in [1.82, 2.24) is 21.3 Å². The van der Waals surface area contributed by atoms with Crippen molar-refractivity contribution in [2.45, 2.75) is 58.2 Å². The van der Waals surface area contributed by atoms with Gasteiger partial charge in [0, 0.05) is 19.5 Å². The van der Waals surface area contributed by atoms with Crippen LogP contribution in [0, 0.1) is 5.92 Å². The molecule has 0 aromatic heterocycles. The molecule has 28 heavy (non-hydrogen) atoms. The molecule has 1 aliphatic heterocycles. The zero-order valence-corrected chi connectivity index (χ0v) is 17.0. The first-order chi connectivity index (χ1) is 13.4. The smallest absolute Gasteiger partial charge is 0.242 e. The standard InChI is InChI=1S/C21H32N4O3/c1-4-11-22-20(27)17-18(25-17)21(28)24-16(13-15-8-6-5-7-9-15)19(26)23-12-10-14(2)3/h5-9,14,16-18,25H,4,10-13H2,1-3H3,(H,22,27)(H,23,26)(H,24,28)/t16-,17-,18-/m0/s1. The lowest BCUT2D eigenvalue weighted by Gasteiger charge is -2.19. The minimum atomic E-state index is -0.677. The van der Waals surface area contributed by atoms with Crippen molar-refractivity contribution in [1.29, 1.82) is 0 Å². The fourth-order valence-corrected chi connectivity index (χ4v) is 2.88. The maximum Gasteiger partial charge on any atom is 0.242 e. The fourth-order valence-electron chi connectivity index (χ4n) is 2.88. The van der Waals surface area contributed by atoms with E-state index in [2.05, 4.69) is 35.1 Å². The molecule has 1 saturated heterocycles. The maximum atomic E-state index is 12.6. The van der Waals surface area contributed by atoms with Gasteiger partial charge < -0.3 is 16.0 Å². The molecule has 0 unspecified atom stereocenters. The SMILES string of the molecule is CCCNC(=O)[C@H]1N[C@@H]1C(=O)N[C@@H](Cc1ccccc1)C(=O)NCCC(C)C. The summed E-state index contributed by atoms with van der Waals surface area (Å²) >= 11 is 0. The van der Waals surface area contributed by atoms with Gasteiger partial charge in [0.1, 0.15) is 18.1 Å². The van der Waals surface area contributed by atoms with E-state index in [1.54, 1.807) is 0 Å². The van der Waals surface area contributed by atoms with Crippen LogP contribution in [0.1, 0.15) is 39.2 Å². The fraction of sp³-hybridized carbons (Fsp3) is 0.571. The van der Waals surface area contributed by atoms with E-state index in [0.717, 1.165) is 18.4 Å². The number of carbonyl (C=O) groups is 3. The molecular weight excluding hydrogens is 356 g/mol. The lowest BCUT2D eigenvalue weighted by Crippen LogP contribution is -2.50. The quantitative estimate of drug-likeness (QED) is 0.419. The van der Waals surface area contributed by atoms with Gasteiger partial charge in [0.25, 0.3) is 0 Å². The Kier molecular flexibility index (Phi) is 8.44. The Morgan fingerprint density at radius 3 is 2.32 bits per heavy atom. The van der Waals surface area contributed by atoms with Crippen LogP contribution >= 0.6 is 0 Å². The number of hydrogen-bond acceptors (Lipinski definition) is 4. The zero-order valence-electron chi connectivity index (χ0n) is 17.0. The second kappa shape index (κ2) is 10.8. The number of nitrogens with one attached hydrogen (secondary N) is 4. The highest BCUT2D eigenvalue weighted by molar-refractivity contribution is 5.99. The second-order valence-corrected chi connectivity index (χ2v) is 7.64. The predicted molar refractivity (Wildman–Crippen MR) is 109 cm³/mol. The van der Waals surface area contributed by atoms with Gasteiger partial charge in [0.2, 0.25) is 17.7 Å². The molecule has 1 heterocycles. The highest BCUT2D eigenvalue weighted by Gasteiger charge is 2.48. The Balaban J connectivity index is 1.94. The number of rotatable bonds is 11. The molecule has 7 heteroatoms. The molecule has 1 aliphatic rings. The third-order valence-electron chi connectivity index (χ3n) is 4.63. The molecule has 1 fully saturated rings. The number of amides is 3. The summed E-state index contributed by atoms with van der Waals surface area (Å²) in [5, 5.41) is 11.4. The third kappa shape index (κ3) is 6.96. The van der Waals surface area contributed by atoms with E-state index < -0.39 is 18.1 Å². The van der Waals surface area contributed by atoms with Gasteiger partial charge in [-0.25, -0.2) is 0 Å². The van der Waals surface area contributed by atoms with Crippen LogP contribution in [-0.4, -0.2) is 48.9 Å². The summed E-state index contributed by atoms with van der Waals surface area (Å²) in [6.45, 7) is 7.31. The summed E-state index contributed by atoms with van der Waals surface area (Å²) in [5.41, 5.74) is 0.966. The summed E-state index contributed by atoms with van der Waals surface area (Å²) in [4.78, 5) is 37.1. The van der Waals surface area contributed by atoms with E-state index in [1.165, 1.54) is 0 Å². The van der Waals surface area contributed by atoms with Crippen LogP contribution < -0.4 is 21.3 Å². The van der Waals surface area contributed by atoms with Crippen LogP contribution in [0.25, 0.3) is 0 Å². The minimum Gasteiger partial charge on any atom is -0.355 e. The Bertz CT molecular complexity index is 663. The normalized spacial score (nSPS) is 19.0. The molecule has 3 atom stereocenters. The molecule has 0 radical (unpaired) electrons. The molecule has 4 N–H and O–H groups in total. The summed E-state index contributed by atoms with van der Waals surface area (Å²) in [6.07, 6.45) is 2.12. The van der Waals surface area contributed by atoms with Gasteiger partial charge >= 0.3 is 0 Å². The molecule has 0 aliphatic carbocycles. The molecular formula is C21H32N4O3. The summed E-state index contributed by atoms with van der Waals surface area (Å²) in [5.74, 6) is -0.217. The molecule has 0 bridgehead atoms. The van der Waals surface area contributed by atoms with Crippen LogP contribution in [-0.2, 0) is 20.8 Å². The van der Waals surface area contributed by atoms with E-state index in [1.807, 2.05) is 37.3 Å². The van der Waals surface area contributed by atoms with E-state index in [4.69, 9.17) is 0 Å². The van der Waals surface area contributed by atoms with E-state index in [9.17, 15) is 14.4 Å². The van der Waals surface area contributed by atoms with Gasteiger partial charge in [-0.1, -0.05) is 51.1 Å². The molecule has 7 nitrogen and oxygen atoms in total. The lowest BCUT2D eigenvalue weighted by atomic mass is 10.0. The van der Waals surface area contributed by atoms with Crippen molar-refractivity contribution >= 4 is 17.7 Å². The Hall–Kier alpha value is -2.41. The van der Waals surface area contributed by atoms with Gasteiger partial charge in [0.05, 0.1) is 0 Å². The maximum absolute atomic E-state index is 12.6. The number of hydrogen-bond donors (Lipinski definition) is 4. The van der Waals surface area contributed by atoms with Crippen molar-refractivity contribution < 1.29 is 14.4 Å². The Morgan fingerprint density at radius 1 is 1.00 bits per heavy atom. The summed E-state index contributed by atoms with van der Waals surface area (Å²) in [6, 6.07) is 7.79. The van der Waals surface area contributed by atoms with Crippen LogP contribution in [0.5, 0.6) is 0 Å². The number of carbonyl (C=O) groups excluding carboxylic acids is 3. The van der Waals surface area contributed by atoms with Crippen molar-refractivity contribution in [3.63, 3.8) is 0 Å². The average molecular weight is 389 g/mol. The highest BCUT2D eigenvalue weighted by Crippen LogP contribution is 2.12. The first-order valence-corrected chi connectivity index (χ1v) is 10.1. The topological polar surface area (TPSA) is 109 Å². The van der Waals surface area contributed by atoms with Gasteiger partial charge in [-0.2, -0.15) is 0 Å².